The van der Waals surface area contributed by atoms with Crippen LogP contribution in [0.4, 0.5) is 0 Å². The van der Waals surface area contributed by atoms with Gasteiger partial charge in [-0.25, -0.2) is 0 Å². The summed E-state index contributed by atoms with van der Waals surface area (Å²) in [5, 5.41) is 10.6. The van der Waals surface area contributed by atoms with Crippen LogP contribution < -0.4 is 4.74 Å². The van der Waals surface area contributed by atoms with Crippen LogP contribution in [0.2, 0.25) is 0 Å². The van der Waals surface area contributed by atoms with Crippen LogP contribution in [0, 0.1) is 18.3 Å². The highest BCUT2D eigenvalue weighted by Crippen LogP contribution is 2.48. The Hall–Kier alpha value is -1.02. The zero-order valence-electron chi connectivity index (χ0n) is 11.9. The molecule has 100 valence electrons. The van der Waals surface area contributed by atoms with E-state index in [0.717, 1.165) is 23.3 Å². The minimum atomic E-state index is -0.355. The molecule has 0 bridgehead atoms. The van der Waals surface area contributed by atoms with E-state index in [4.69, 9.17) is 4.74 Å². The number of aliphatic hydroxyl groups is 1. The highest BCUT2D eigenvalue weighted by Gasteiger charge is 2.39. The maximum atomic E-state index is 10.6. The Bertz CT molecular complexity index is 423. The van der Waals surface area contributed by atoms with Gasteiger partial charge in [-0.05, 0) is 54.4 Å². The number of hydrogen-bond donors (Lipinski definition) is 1. The van der Waals surface area contributed by atoms with Gasteiger partial charge in [-0.3, -0.25) is 0 Å². The smallest absolute Gasteiger partial charge is 0.121 e. The molecule has 0 saturated heterocycles. The van der Waals surface area contributed by atoms with Gasteiger partial charge in [0.25, 0.3) is 0 Å². The third-order valence-corrected chi connectivity index (χ3v) is 4.48. The molecule has 2 nitrogen and oxygen atoms in total. The first kappa shape index (κ1) is 13.4. The van der Waals surface area contributed by atoms with E-state index in [1.54, 1.807) is 7.11 Å². The summed E-state index contributed by atoms with van der Waals surface area (Å²) in [7, 11) is 1.68. The third kappa shape index (κ3) is 2.39. The van der Waals surface area contributed by atoms with Crippen molar-refractivity contribution in [3.63, 3.8) is 0 Å². The van der Waals surface area contributed by atoms with Crippen molar-refractivity contribution < 1.29 is 9.84 Å². The zero-order chi connectivity index (χ0) is 13.3. The lowest BCUT2D eigenvalue weighted by Crippen LogP contribution is -2.24. The summed E-state index contributed by atoms with van der Waals surface area (Å²) in [5.74, 6) is 1.25. The first-order chi connectivity index (χ1) is 8.45. The van der Waals surface area contributed by atoms with Gasteiger partial charge in [0.2, 0.25) is 0 Å². The first-order valence-electron chi connectivity index (χ1n) is 6.78. The Morgan fingerprint density at radius 1 is 1.39 bits per heavy atom. The second-order valence-corrected chi connectivity index (χ2v) is 6.16. The van der Waals surface area contributed by atoms with Gasteiger partial charge in [-0.1, -0.05) is 26.3 Å². The van der Waals surface area contributed by atoms with E-state index in [2.05, 4.69) is 19.9 Å². The lowest BCUT2D eigenvalue weighted by molar-refractivity contribution is 0.0531. The number of hydrogen-bond acceptors (Lipinski definition) is 2. The molecule has 1 N–H and O–H groups in total. The van der Waals surface area contributed by atoms with Crippen molar-refractivity contribution in [2.24, 2.45) is 11.3 Å². The van der Waals surface area contributed by atoms with Gasteiger partial charge in [-0.15, -0.1) is 0 Å². The molecule has 0 radical (unpaired) electrons. The Morgan fingerprint density at radius 2 is 2.11 bits per heavy atom. The summed E-state index contributed by atoms with van der Waals surface area (Å²) in [6.07, 6.45) is 3.21. The van der Waals surface area contributed by atoms with Gasteiger partial charge in [-0.2, -0.15) is 0 Å². The third-order valence-electron chi connectivity index (χ3n) is 4.48. The average molecular weight is 248 g/mol. The SMILES string of the molecule is COc1ccc(C(O)C2CCCC2(C)C)cc1C. The van der Waals surface area contributed by atoms with E-state index in [1.807, 2.05) is 19.1 Å². The Balaban J connectivity index is 2.23. The van der Waals surface area contributed by atoms with Crippen LogP contribution >= 0.6 is 0 Å². The lowest BCUT2D eigenvalue weighted by atomic mass is 9.76. The molecule has 1 aliphatic rings. The van der Waals surface area contributed by atoms with Crippen molar-refractivity contribution in [3.05, 3.63) is 29.3 Å². The normalized spacial score (nSPS) is 23.9. The topological polar surface area (TPSA) is 29.5 Å². The second-order valence-electron chi connectivity index (χ2n) is 6.16. The molecule has 0 aromatic heterocycles. The van der Waals surface area contributed by atoms with Crippen LogP contribution in [0.5, 0.6) is 5.75 Å². The maximum absolute atomic E-state index is 10.6. The Morgan fingerprint density at radius 3 is 2.61 bits per heavy atom. The number of aryl methyl sites for hydroxylation is 1. The average Bonchev–Trinajstić information content (AvgIpc) is 2.68. The largest absolute Gasteiger partial charge is 0.496 e. The minimum absolute atomic E-state index is 0.243. The lowest BCUT2D eigenvalue weighted by Gasteiger charge is -2.31. The molecule has 0 aliphatic heterocycles. The second kappa shape index (κ2) is 4.93. The van der Waals surface area contributed by atoms with Crippen LogP contribution in [0.3, 0.4) is 0 Å². The van der Waals surface area contributed by atoms with Gasteiger partial charge in [0.15, 0.2) is 0 Å². The van der Waals surface area contributed by atoms with E-state index in [-0.39, 0.29) is 11.5 Å². The van der Waals surface area contributed by atoms with Gasteiger partial charge in [0, 0.05) is 0 Å². The summed E-state index contributed by atoms with van der Waals surface area (Å²) < 4.78 is 5.26. The number of aliphatic hydroxyl groups excluding tert-OH is 1. The van der Waals surface area contributed by atoms with Gasteiger partial charge >= 0.3 is 0 Å². The summed E-state index contributed by atoms with van der Waals surface area (Å²) in [6, 6.07) is 6.00. The molecular formula is C16H24O2. The summed E-state index contributed by atoms with van der Waals surface area (Å²) in [6.45, 7) is 6.56. The summed E-state index contributed by atoms with van der Waals surface area (Å²) in [5.41, 5.74) is 2.35. The molecule has 18 heavy (non-hydrogen) atoms. The molecule has 0 amide bonds. The molecule has 2 unspecified atom stereocenters. The monoisotopic (exact) mass is 248 g/mol. The first-order valence-corrected chi connectivity index (χ1v) is 6.78. The van der Waals surface area contributed by atoms with Crippen molar-refractivity contribution in [3.8, 4) is 5.75 Å². The van der Waals surface area contributed by atoms with E-state index in [0.29, 0.717) is 5.92 Å². The fourth-order valence-electron chi connectivity index (χ4n) is 3.26. The molecule has 0 heterocycles. The molecule has 2 rings (SSSR count). The standard InChI is InChI=1S/C16H24O2/c1-11-10-12(7-8-14(11)18-4)15(17)13-6-5-9-16(13,2)3/h7-8,10,13,15,17H,5-6,9H2,1-4H3. The molecule has 1 aromatic rings. The molecule has 0 spiro atoms. The maximum Gasteiger partial charge on any atom is 0.121 e. The highest BCUT2D eigenvalue weighted by molar-refractivity contribution is 5.37. The molecule has 1 saturated carbocycles. The Labute approximate surface area is 110 Å². The molecular weight excluding hydrogens is 224 g/mol. The molecule has 1 fully saturated rings. The fraction of sp³-hybridized carbons (Fsp3) is 0.625. The van der Waals surface area contributed by atoms with Gasteiger partial charge in [0.1, 0.15) is 5.75 Å². The Kier molecular flexibility index (Phi) is 3.67. The van der Waals surface area contributed by atoms with Crippen molar-refractivity contribution in [1.29, 1.82) is 0 Å². The van der Waals surface area contributed by atoms with Gasteiger partial charge in [0.05, 0.1) is 13.2 Å². The quantitative estimate of drug-likeness (QED) is 0.880. The number of benzene rings is 1. The van der Waals surface area contributed by atoms with Crippen LogP contribution in [0.15, 0.2) is 18.2 Å². The van der Waals surface area contributed by atoms with E-state index in [1.165, 1.54) is 12.8 Å². The van der Waals surface area contributed by atoms with Crippen molar-refractivity contribution in [2.45, 2.75) is 46.1 Å². The van der Waals surface area contributed by atoms with E-state index >= 15 is 0 Å². The van der Waals surface area contributed by atoms with Crippen LogP contribution in [0.25, 0.3) is 0 Å². The molecule has 2 atom stereocenters. The van der Waals surface area contributed by atoms with E-state index in [9.17, 15) is 5.11 Å². The number of ether oxygens (including phenoxy) is 1. The number of rotatable bonds is 3. The van der Waals surface area contributed by atoms with Crippen molar-refractivity contribution >= 4 is 0 Å². The van der Waals surface area contributed by atoms with Gasteiger partial charge < -0.3 is 9.84 Å². The fourth-order valence-corrected chi connectivity index (χ4v) is 3.26. The van der Waals surface area contributed by atoms with Crippen molar-refractivity contribution in [2.75, 3.05) is 7.11 Å². The van der Waals surface area contributed by atoms with Crippen LogP contribution in [0.1, 0.15) is 50.3 Å². The highest BCUT2D eigenvalue weighted by atomic mass is 16.5. The molecule has 2 heteroatoms. The number of methoxy groups -OCH3 is 1. The molecule has 1 aliphatic carbocycles. The molecule has 1 aromatic carbocycles. The van der Waals surface area contributed by atoms with Crippen LogP contribution in [-0.4, -0.2) is 12.2 Å². The summed E-state index contributed by atoms with van der Waals surface area (Å²) >= 11 is 0. The predicted octanol–water partition coefficient (Wildman–Crippen LogP) is 3.86. The zero-order valence-corrected chi connectivity index (χ0v) is 11.9. The minimum Gasteiger partial charge on any atom is -0.496 e. The summed E-state index contributed by atoms with van der Waals surface area (Å²) in [4.78, 5) is 0. The predicted molar refractivity (Wildman–Crippen MR) is 73.8 cm³/mol. The van der Waals surface area contributed by atoms with Crippen molar-refractivity contribution in [1.82, 2.24) is 0 Å². The van der Waals surface area contributed by atoms with E-state index < -0.39 is 0 Å². The van der Waals surface area contributed by atoms with Crippen LogP contribution in [-0.2, 0) is 0 Å².